The number of benzene rings is 3. The van der Waals surface area contributed by atoms with Crippen LogP contribution in [0.2, 0.25) is 0 Å². The molecule has 4 aromatic rings. The Morgan fingerprint density at radius 2 is 1.78 bits per heavy atom. The number of amides is 1. The molecule has 4 rings (SSSR count). The lowest BCUT2D eigenvalue weighted by Gasteiger charge is -2.09. The average molecular weight is 431 g/mol. The van der Waals surface area contributed by atoms with Crippen molar-refractivity contribution >= 4 is 28.3 Å². The first-order valence-corrected chi connectivity index (χ1v) is 10.0. The first kappa shape index (κ1) is 21.0. The summed E-state index contributed by atoms with van der Waals surface area (Å²) in [6.45, 7) is 3.94. The lowest BCUT2D eigenvalue weighted by molar-refractivity contribution is -0.385. The summed E-state index contributed by atoms with van der Waals surface area (Å²) in [5.74, 6) is -0.381. The summed E-state index contributed by atoms with van der Waals surface area (Å²) in [5.41, 5.74) is 4.60. The maximum absolute atomic E-state index is 12.7. The monoisotopic (exact) mass is 431 g/mol. The van der Waals surface area contributed by atoms with Crippen molar-refractivity contribution in [1.82, 2.24) is 15.0 Å². The Morgan fingerprint density at radius 1 is 1.09 bits per heavy atom. The van der Waals surface area contributed by atoms with Gasteiger partial charge in [-0.25, -0.2) is 0 Å². The first-order chi connectivity index (χ1) is 15.4. The number of nitro groups is 1. The molecule has 0 spiro atoms. The van der Waals surface area contributed by atoms with Crippen LogP contribution in [0.15, 0.2) is 54.6 Å². The van der Waals surface area contributed by atoms with Crippen molar-refractivity contribution in [2.45, 2.75) is 20.3 Å². The molecule has 162 valence electrons. The van der Waals surface area contributed by atoms with Crippen molar-refractivity contribution in [2.24, 2.45) is 0 Å². The van der Waals surface area contributed by atoms with Crippen molar-refractivity contribution in [3.05, 3.63) is 81.4 Å². The Labute approximate surface area is 183 Å². The second-order valence-corrected chi connectivity index (χ2v) is 7.26. The highest BCUT2D eigenvalue weighted by Crippen LogP contribution is 2.28. The molecule has 0 saturated heterocycles. The molecule has 0 saturated carbocycles. The van der Waals surface area contributed by atoms with Gasteiger partial charge in [-0.3, -0.25) is 14.9 Å². The van der Waals surface area contributed by atoms with E-state index in [1.165, 1.54) is 30.9 Å². The van der Waals surface area contributed by atoms with Crippen LogP contribution in [-0.4, -0.2) is 32.9 Å². The second kappa shape index (κ2) is 8.46. The zero-order valence-corrected chi connectivity index (χ0v) is 17.8. The molecule has 0 fully saturated rings. The van der Waals surface area contributed by atoms with Gasteiger partial charge in [0.15, 0.2) is 5.75 Å². The van der Waals surface area contributed by atoms with E-state index in [1.807, 2.05) is 37.3 Å². The third kappa shape index (κ3) is 4.00. The number of aryl methyl sites for hydroxylation is 2. The van der Waals surface area contributed by atoms with Gasteiger partial charge in [-0.15, -0.1) is 10.2 Å². The van der Waals surface area contributed by atoms with Crippen LogP contribution in [0.1, 0.15) is 28.4 Å². The lowest BCUT2D eigenvalue weighted by atomic mass is 10.1. The summed E-state index contributed by atoms with van der Waals surface area (Å²) in [6.07, 6.45) is 0.953. The molecule has 0 aliphatic rings. The quantitative estimate of drug-likeness (QED) is 0.356. The van der Waals surface area contributed by atoms with Crippen LogP contribution in [0.3, 0.4) is 0 Å². The fourth-order valence-electron chi connectivity index (χ4n) is 3.35. The number of hydrogen-bond acceptors (Lipinski definition) is 6. The van der Waals surface area contributed by atoms with Gasteiger partial charge in [0.2, 0.25) is 0 Å². The minimum Gasteiger partial charge on any atom is -0.490 e. The molecule has 1 N–H and O–H groups in total. The van der Waals surface area contributed by atoms with Crippen molar-refractivity contribution in [1.29, 1.82) is 0 Å². The molecule has 0 aliphatic heterocycles. The normalized spacial score (nSPS) is 10.8. The van der Waals surface area contributed by atoms with Crippen LogP contribution in [0.25, 0.3) is 16.7 Å². The van der Waals surface area contributed by atoms with E-state index >= 15 is 0 Å². The number of carbonyl (C=O) groups excluding carboxylic acids is 1. The molecule has 0 bridgehead atoms. The fraction of sp³-hybridized carbons (Fsp3) is 0.174. The van der Waals surface area contributed by atoms with Gasteiger partial charge in [0.1, 0.15) is 11.0 Å². The summed E-state index contributed by atoms with van der Waals surface area (Å²) < 4.78 is 4.99. The molecule has 1 heterocycles. The molecular formula is C23H21N5O4. The Balaban J connectivity index is 1.63. The van der Waals surface area contributed by atoms with Gasteiger partial charge >= 0.3 is 5.69 Å². The third-order valence-electron chi connectivity index (χ3n) is 5.19. The summed E-state index contributed by atoms with van der Waals surface area (Å²) >= 11 is 0. The Hall–Kier alpha value is -4.27. The second-order valence-electron chi connectivity index (χ2n) is 7.26. The Kier molecular flexibility index (Phi) is 5.55. The van der Waals surface area contributed by atoms with Gasteiger partial charge in [0.25, 0.3) is 5.91 Å². The minimum atomic E-state index is -0.585. The predicted octanol–water partition coefficient (Wildman–Crippen LogP) is 4.46. The number of ether oxygens (including phenoxy) is 1. The highest BCUT2D eigenvalue weighted by atomic mass is 16.6. The number of nitrogens with one attached hydrogen (secondary N) is 1. The van der Waals surface area contributed by atoms with Crippen LogP contribution < -0.4 is 10.1 Å². The zero-order chi connectivity index (χ0) is 22.8. The summed E-state index contributed by atoms with van der Waals surface area (Å²) in [4.78, 5) is 25.0. The van der Waals surface area contributed by atoms with Gasteiger partial charge in [-0.1, -0.05) is 19.1 Å². The maximum atomic E-state index is 12.7. The van der Waals surface area contributed by atoms with Crippen molar-refractivity contribution in [2.75, 3.05) is 12.4 Å². The molecule has 0 radical (unpaired) electrons. The van der Waals surface area contributed by atoms with E-state index in [4.69, 9.17) is 4.74 Å². The first-order valence-electron chi connectivity index (χ1n) is 10.0. The van der Waals surface area contributed by atoms with Crippen molar-refractivity contribution < 1.29 is 14.5 Å². The molecule has 1 amide bonds. The topological polar surface area (TPSA) is 112 Å². The molecule has 9 heteroatoms. The van der Waals surface area contributed by atoms with Crippen LogP contribution >= 0.6 is 0 Å². The van der Waals surface area contributed by atoms with Crippen LogP contribution in [-0.2, 0) is 6.42 Å². The third-order valence-corrected chi connectivity index (χ3v) is 5.19. The van der Waals surface area contributed by atoms with E-state index in [-0.39, 0.29) is 17.0 Å². The summed E-state index contributed by atoms with van der Waals surface area (Å²) in [5, 5.41) is 23.1. The van der Waals surface area contributed by atoms with Crippen molar-refractivity contribution in [3.63, 3.8) is 0 Å². The largest absolute Gasteiger partial charge is 0.490 e. The van der Waals surface area contributed by atoms with Gasteiger partial charge in [0.05, 0.1) is 17.7 Å². The molecule has 32 heavy (non-hydrogen) atoms. The zero-order valence-electron chi connectivity index (χ0n) is 17.8. The number of fused-ring (bicyclic) bond motifs is 1. The number of rotatable bonds is 6. The maximum Gasteiger partial charge on any atom is 0.311 e. The highest BCUT2D eigenvalue weighted by Gasteiger charge is 2.19. The van der Waals surface area contributed by atoms with E-state index in [2.05, 4.69) is 22.4 Å². The average Bonchev–Trinajstić information content (AvgIpc) is 3.21. The summed E-state index contributed by atoms with van der Waals surface area (Å²) in [7, 11) is 1.34. The number of methoxy groups -OCH3 is 1. The highest BCUT2D eigenvalue weighted by molar-refractivity contribution is 6.06. The molecule has 0 aliphatic carbocycles. The van der Waals surface area contributed by atoms with Crippen LogP contribution in [0.4, 0.5) is 11.4 Å². The van der Waals surface area contributed by atoms with Gasteiger partial charge < -0.3 is 10.1 Å². The molecule has 1 aromatic heterocycles. The van der Waals surface area contributed by atoms with Crippen LogP contribution in [0.5, 0.6) is 5.75 Å². The van der Waals surface area contributed by atoms with E-state index in [0.29, 0.717) is 16.7 Å². The Morgan fingerprint density at radius 3 is 2.41 bits per heavy atom. The predicted molar refractivity (Wildman–Crippen MR) is 121 cm³/mol. The van der Waals surface area contributed by atoms with Gasteiger partial charge in [-0.2, -0.15) is 4.80 Å². The standard InChI is InChI=1S/C23H21N5O4/c1-4-15-5-8-17(9-6-15)27-25-19-11-14(2)18(13-20(19)26-27)24-23(29)16-7-10-22(32-3)21(12-16)28(30)31/h5-13H,4H2,1-3H3,(H,24,29). The van der Waals surface area contributed by atoms with E-state index in [1.54, 1.807) is 10.9 Å². The van der Waals surface area contributed by atoms with Gasteiger partial charge in [-0.05, 0) is 60.9 Å². The minimum absolute atomic E-state index is 0.0905. The molecule has 0 unspecified atom stereocenters. The van der Waals surface area contributed by atoms with Gasteiger partial charge in [0, 0.05) is 17.3 Å². The molecular weight excluding hydrogens is 410 g/mol. The smallest absolute Gasteiger partial charge is 0.311 e. The van der Waals surface area contributed by atoms with E-state index in [0.717, 1.165) is 17.7 Å². The molecule has 3 aromatic carbocycles. The fourth-order valence-corrected chi connectivity index (χ4v) is 3.35. The number of nitrogens with zero attached hydrogens (tertiary/aromatic N) is 4. The number of hydrogen-bond donors (Lipinski definition) is 1. The van der Waals surface area contributed by atoms with Crippen LogP contribution in [0, 0.1) is 17.0 Å². The number of nitro benzene ring substituents is 1. The molecule has 9 nitrogen and oxygen atoms in total. The Bertz CT molecular complexity index is 1330. The summed E-state index contributed by atoms with van der Waals surface area (Å²) in [6, 6.07) is 15.6. The lowest BCUT2D eigenvalue weighted by Crippen LogP contribution is -2.13. The van der Waals surface area contributed by atoms with E-state index in [9.17, 15) is 14.9 Å². The van der Waals surface area contributed by atoms with Crippen molar-refractivity contribution in [3.8, 4) is 11.4 Å². The molecule has 0 atom stereocenters. The van der Waals surface area contributed by atoms with E-state index < -0.39 is 10.8 Å². The number of carbonyl (C=O) groups is 1. The number of aromatic nitrogens is 3. The SMILES string of the molecule is CCc1ccc(-n2nc3cc(C)c(NC(=O)c4ccc(OC)c([N+](=O)[O-])c4)cc3n2)cc1. The number of anilines is 1.